The third kappa shape index (κ3) is 4.97. The molecule has 1 aromatic heterocycles. The Morgan fingerprint density at radius 2 is 1.57 bits per heavy atom. The monoisotopic (exact) mass is 350 g/mol. The quantitative estimate of drug-likeness (QED) is 0.797. The van der Waals surface area contributed by atoms with Crippen LogP contribution < -0.4 is 26.9 Å². The van der Waals surface area contributed by atoms with Gasteiger partial charge in [0.2, 0.25) is 0 Å². The molecule has 0 amide bonds. The lowest BCUT2D eigenvalue weighted by Gasteiger charge is -2.01. The van der Waals surface area contributed by atoms with Gasteiger partial charge in [0.1, 0.15) is 0 Å². The minimum absolute atomic E-state index is 0. The lowest BCUT2D eigenvalue weighted by molar-refractivity contribution is -0.747. The van der Waals surface area contributed by atoms with Crippen LogP contribution in [-0.2, 0) is 0 Å². The first-order chi connectivity index (χ1) is 9.72. The average Bonchev–Trinajstić information content (AvgIpc) is 2.53. The maximum atomic E-state index is 13.5. The maximum Gasteiger partial charge on any atom is 0.298 e. The van der Waals surface area contributed by atoms with E-state index in [1.54, 1.807) is 17.0 Å². The van der Waals surface area contributed by atoms with Crippen molar-refractivity contribution < 1.29 is 25.9 Å². The van der Waals surface area contributed by atoms with Gasteiger partial charge in [-0.1, -0.05) is 31.2 Å². The number of anilines is 1. The summed E-state index contributed by atoms with van der Waals surface area (Å²) in [6.07, 6.45) is 7.17. The highest BCUT2D eigenvalue weighted by atomic mass is 79.9. The zero-order valence-electron chi connectivity index (χ0n) is 12.3. The van der Waals surface area contributed by atoms with Crippen LogP contribution in [0.3, 0.4) is 0 Å². The molecule has 0 saturated carbocycles. The summed E-state index contributed by atoms with van der Waals surface area (Å²) in [4.78, 5) is 0. The molecule has 0 aliphatic carbocycles. The van der Waals surface area contributed by atoms with Crippen LogP contribution in [0.15, 0.2) is 48.8 Å². The summed E-state index contributed by atoms with van der Waals surface area (Å²) in [5, 5.41) is 3.09. The second-order valence-corrected chi connectivity index (χ2v) is 4.63. The Balaban J connectivity index is 0.00000220. The second-order valence-electron chi connectivity index (χ2n) is 4.63. The lowest BCUT2D eigenvalue weighted by atomic mass is 10.1. The van der Waals surface area contributed by atoms with E-state index in [2.05, 4.69) is 17.4 Å². The predicted octanol–water partition coefficient (Wildman–Crippen LogP) is 1.07. The Morgan fingerprint density at radius 1 is 1.05 bits per heavy atom. The van der Waals surface area contributed by atoms with Gasteiger partial charge in [0, 0.05) is 31.3 Å². The van der Waals surface area contributed by atoms with Crippen LogP contribution in [0, 0.1) is 0 Å². The molecular weight excluding hydrogens is 331 g/mol. The van der Waals surface area contributed by atoms with E-state index in [1.807, 2.05) is 50.4 Å². The standard InChI is InChI=1S/C17H19FN2.BrH/c1-3-17(18)20-12-10-15(11-13-20)5-4-14-6-8-16(19-2)9-7-14;/h4-13,17H,3H2,1-2H3;1H. The number of hydrogen-bond acceptors (Lipinski definition) is 1. The molecule has 2 aromatic rings. The van der Waals surface area contributed by atoms with Crippen LogP contribution in [-0.4, -0.2) is 7.05 Å². The normalized spacial score (nSPS) is 12.0. The summed E-state index contributed by atoms with van der Waals surface area (Å²) in [7, 11) is 1.90. The molecule has 0 aliphatic rings. The van der Waals surface area contributed by atoms with Gasteiger partial charge >= 0.3 is 0 Å². The van der Waals surface area contributed by atoms with Crippen LogP contribution in [0.1, 0.15) is 30.8 Å². The van der Waals surface area contributed by atoms with E-state index in [0.717, 1.165) is 16.8 Å². The topological polar surface area (TPSA) is 15.9 Å². The number of hydrogen-bond donors (Lipinski definition) is 1. The first kappa shape index (κ1) is 17.4. The molecule has 2 rings (SSSR count). The van der Waals surface area contributed by atoms with Crippen molar-refractivity contribution in [1.82, 2.24) is 0 Å². The number of halogens is 2. The molecule has 0 bridgehead atoms. The number of nitrogens with zero attached hydrogens (tertiary/aromatic N) is 1. The minimum atomic E-state index is -0.942. The molecular formula is C17H20BrFN2. The predicted molar refractivity (Wildman–Crippen MR) is 82.0 cm³/mol. The SMILES string of the molecule is CCC(F)[n+]1ccc(/C=C/c2ccc(NC)cc2)cc1.[Br-]. The van der Waals surface area contributed by atoms with Crippen molar-refractivity contribution in [3.8, 4) is 0 Å². The summed E-state index contributed by atoms with van der Waals surface area (Å²) in [6, 6.07) is 12.0. The highest BCUT2D eigenvalue weighted by molar-refractivity contribution is 5.70. The first-order valence-electron chi connectivity index (χ1n) is 6.83. The summed E-state index contributed by atoms with van der Waals surface area (Å²) < 4.78 is 15.0. The Morgan fingerprint density at radius 3 is 2.05 bits per heavy atom. The van der Waals surface area contributed by atoms with Crippen LogP contribution in [0.2, 0.25) is 0 Å². The van der Waals surface area contributed by atoms with Crippen molar-refractivity contribution in [1.29, 1.82) is 0 Å². The van der Waals surface area contributed by atoms with Crippen molar-refractivity contribution in [3.63, 3.8) is 0 Å². The molecule has 1 heterocycles. The molecule has 21 heavy (non-hydrogen) atoms. The second kappa shape index (κ2) is 8.57. The number of pyridine rings is 1. The summed E-state index contributed by atoms with van der Waals surface area (Å²) >= 11 is 0. The number of benzene rings is 1. The molecule has 0 fully saturated rings. The van der Waals surface area contributed by atoms with Gasteiger partial charge in [-0.25, -0.2) is 0 Å². The van der Waals surface area contributed by atoms with Gasteiger partial charge in [-0.15, -0.1) is 0 Å². The summed E-state index contributed by atoms with van der Waals surface area (Å²) in [5.41, 5.74) is 3.29. The molecule has 1 aromatic carbocycles. The third-order valence-electron chi connectivity index (χ3n) is 3.21. The largest absolute Gasteiger partial charge is 1.00 e. The van der Waals surface area contributed by atoms with Gasteiger partial charge < -0.3 is 22.3 Å². The van der Waals surface area contributed by atoms with E-state index in [0.29, 0.717) is 6.42 Å². The smallest absolute Gasteiger partial charge is 0.298 e. The molecule has 0 radical (unpaired) electrons. The van der Waals surface area contributed by atoms with Gasteiger partial charge in [-0.2, -0.15) is 8.96 Å². The van der Waals surface area contributed by atoms with E-state index < -0.39 is 6.30 Å². The Bertz CT molecular complexity index is 564. The number of aromatic nitrogens is 1. The molecule has 4 heteroatoms. The maximum absolute atomic E-state index is 13.5. The van der Waals surface area contributed by atoms with Crippen molar-refractivity contribution in [2.45, 2.75) is 19.6 Å². The van der Waals surface area contributed by atoms with E-state index in [4.69, 9.17) is 0 Å². The van der Waals surface area contributed by atoms with Crippen molar-refractivity contribution in [2.24, 2.45) is 0 Å². The first-order valence-corrected chi connectivity index (χ1v) is 6.83. The zero-order valence-corrected chi connectivity index (χ0v) is 13.8. The average molecular weight is 351 g/mol. The van der Waals surface area contributed by atoms with E-state index in [9.17, 15) is 4.39 Å². The molecule has 112 valence electrons. The van der Waals surface area contributed by atoms with Crippen LogP contribution >= 0.6 is 0 Å². The highest BCUT2D eigenvalue weighted by Crippen LogP contribution is 2.12. The zero-order chi connectivity index (χ0) is 14.4. The van der Waals surface area contributed by atoms with Crippen molar-refractivity contribution in [3.05, 3.63) is 59.9 Å². The number of alkyl halides is 1. The number of nitrogens with one attached hydrogen (secondary N) is 1. The highest BCUT2D eigenvalue weighted by Gasteiger charge is 2.12. The summed E-state index contributed by atoms with van der Waals surface area (Å²) in [5.74, 6) is 0. The summed E-state index contributed by atoms with van der Waals surface area (Å²) in [6.45, 7) is 1.83. The number of rotatable bonds is 5. The van der Waals surface area contributed by atoms with Crippen LogP contribution in [0.5, 0.6) is 0 Å². The Labute approximate surface area is 136 Å². The fourth-order valence-corrected chi connectivity index (χ4v) is 1.91. The van der Waals surface area contributed by atoms with Crippen molar-refractivity contribution >= 4 is 17.8 Å². The Kier molecular flexibility index (Phi) is 7.09. The molecule has 1 unspecified atom stereocenters. The molecule has 2 nitrogen and oxygen atoms in total. The minimum Gasteiger partial charge on any atom is -1.00 e. The van der Waals surface area contributed by atoms with Crippen molar-refractivity contribution in [2.75, 3.05) is 12.4 Å². The van der Waals surface area contributed by atoms with Crippen LogP contribution in [0.25, 0.3) is 12.2 Å². The molecule has 0 saturated heterocycles. The van der Waals surface area contributed by atoms with Gasteiger partial charge in [0.25, 0.3) is 6.30 Å². The van der Waals surface area contributed by atoms with Gasteiger partial charge in [-0.05, 0) is 23.3 Å². The lowest BCUT2D eigenvalue weighted by Crippen LogP contribution is -3.00. The van der Waals surface area contributed by atoms with Gasteiger partial charge in [-0.3, -0.25) is 0 Å². The van der Waals surface area contributed by atoms with E-state index in [1.165, 1.54) is 0 Å². The molecule has 0 aliphatic heterocycles. The van der Waals surface area contributed by atoms with E-state index >= 15 is 0 Å². The molecule has 1 N–H and O–H groups in total. The van der Waals surface area contributed by atoms with Crippen LogP contribution in [0.4, 0.5) is 10.1 Å². The molecule has 1 atom stereocenters. The van der Waals surface area contributed by atoms with E-state index in [-0.39, 0.29) is 17.0 Å². The molecule has 0 spiro atoms. The van der Waals surface area contributed by atoms with Gasteiger partial charge in [0.15, 0.2) is 12.4 Å². The fourth-order valence-electron chi connectivity index (χ4n) is 1.91. The Hall–Kier alpha value is -1.68. The third-order valence-corrected chi connectivity index (χ3v) is 3.21. The van der Waals surface area contributed by atoms with Gasteiger partial charge in [0.05, 0.1) is 0 Å². The fraction of sp³-hybridized carbons (Fsp3) is 0.235.